The lowest BCUT2D eigenvalue weighted by Gasteiger charge is -2.16. The van der Waals surface area contributed by atoms with Crippen LogP contribution in [0, 0.1) is 0 Å². The van der Waals surface area contributed by atoms with Crippen LogP contribution >= 0.6 is 0 Å². The van der Waals surface area contributed by atoms with Crippen molar-refractivity contribution in [3.8, 4) is 0 Å². The fourth-order valence-corrected chi connectivity index (χ4v) is 2.26. The Bertz CT molecular complexity index is 448. The van der Waals surface area contributed by atoms with Crippen molar-refractivity contribution in [3.63, 3.8) is 0 Å². The molecule has 0 spiro atoms. The Balaban J connectivity index is 2.44. The summed E-state index contributed by atoms with van der Waals surface area (Å²) in [5.41, 5.74) is 0.444. The number of hydrogen-bond donors (Lipinski definition) is 1. The molecule has 1 aromatic heterocycles. The number of pyridine rings is 1. The standard InChI is InChI=1S/C17H26N2O3/c1-3-4-5-6-7-8-11-15(17(21)22-2)19-16(20)14-10-9-12-18-13-14/h9-10,12-13,15H,3-8,11H2,1-2H3,(H,19,20)/t15-/m0/s1. The Hall–Kier alpha value is -1.91. The van der Waals surface area contributed by atoms with Crippen LogP contribution in [0.4, 0.5) is 0 Å². The predicted molar refractivity (Wildman–Crippen MR) is 85.5 cm³/mol. The van der Waals surface area contributed by atoms with Gasteiger partial charge < -0.3 is 10.1 Å². The smallest absolute Gasteiger partial charge is 0.328 e. The summed E-state index contributed by atoms with van der Waals surface area (Å²) < 4.78 is 4.78. The van der Waals surface area contributed by atoms with Gasteiger partial charge in [-0.3, -0.25) is 9.78 Å². The lowest BCUT2D eigenvalue weighted by molar-refractivity contribution is -0.143. The number of carbonyl (C=O) groups is 2. The quantitative estimate of drug-likeness (QED) is 0.533. The number of aromatic nitrogens is 1. The van der Waals surface area contributed by atoms with Crippen molar-refractivity contribution in [2.75, 3.05) is 7.11 Å². The van der Waals surface area contributed by atoms with Crippen LogP contribution in [0.5, 0.6) is 0 Å². The zero-order chi connectivity index (χ0) is 16.2. The van der Waals surface area contributed by atoms with E-state index in [1.165, 1.54) is 32.6 Å². The summed E-state index contributed by atoms with van der Waals surface area (Å²) in [7, 11) is 1.34. The van der Waals surface area contributed by atoms with Gasteiger partial charge in [0.15, 0.2) is 0 Å². The zero-order valence-electron chi connectivity index (χ0n) is 13.5. The van der Waals surface area contributed by atoms with E-state index < -0.39 is 12.0 Å². The molecular formula is C17H26N2O3. The predicted octanol–water partition coefficient (Wildman–Crippen LogP) is 3.10. The molecule has 1 atom stereocenters. The van der Waals surface area contributed by atoms with E-state index in [4.69, 9.17) is 4.74 Å². The van der Waals surface area contributed by atoms with Gasteiger partial charge in [0, 0.05) is 12.4 Å². The van der Waals surface area contributed by atoms with E-state index in [9.17, 15) is 9.59 Å². The van der Waals surface area contributed by atoms with Crippen LogP contribution in [-0.4, -0.2) is 30.0 Å². The van der Waals surface area contributed by atoms with Crippen LogP contribution in [0.25, 0.3) is 0 Å². The summed E-state index contributed by atoms with van der Waals surface area (Å²) in [5, 5.41) is 2.73. The summed E-state index contributed by atoms with van der Waals surface area (Å²) in [6.07, 6.45) is 10.5. The largest absolute Gasteiger partial charge is 0.467 e. The summed E-state index contributed by atoms with van der Waals surface area (Å²) >= 11 is 0. The average Bonchev–Trinajstić information content (AvgIpc) is 2.56. The molecule has 22 heavy (non-hydrogen) atoms. The second-order valence-electron chi connectivity index (χ2n) is 5.35. The number of nitrogens with one attached hydrogen (secondary N) is 1. The Morgan fingerprint density at radius 1 is 1.23 bits per heavy atom. The highest BCUT2D eigenvalue weighted by atomic mass is 16.5. The summed E-state index contributed by atoms with van der Waals surface area (Å²) in [4.78, 5) is 27.8. The second kappa shape index (κ2) is 10.8. The third-order valence-corrected chi connectivity index (χ3v) is 3.56. The molecule has 1 rings (SSSR count). The van der Waals surface area contributed by atoms with Crippen LogP contribution in [0.2, 0.25) is 0 Å². The third kappa shape index (κ3) is 6.70. The highest BCUT2D eigenvalue weighted by Gasteiger charge is 2.21. The lowest BCUT2D eigenvalue weighted by atomic mass is 10.1. The van der Waals surface area contributed by atoms with E-state index in [1.54, 1.807) is 18.3 Å². The van der Waals surface area contributed by atoms with Crippen molar-refractivity contribution >= 4 is 11.9 Å². The molecule has 0 fully saturated rings. The van der Waals surface area contributed by atoms with E-state index in [0.717, 1.165) is 19.3 Å². The first kappa shape index (κ1) is 18.1. The number of unbranched alkanes of at least 4 members (excludes halogenated alkanes) is 5. The summed E-state index contributed by atoms with van der Waals surface area (Å²) in [6, 6.07) is 2.76. The maximum Gasteiger partial charge on any atom is 0.328 e. The molecule has 0 saturated carbocycles. The van der Waals surface area contributed by atoms with E-state index in [0.29, 0.717) is 12.0 Å². The number of rotatable bonds is 10. The average molecular weight is 306 g/mol. The van der Waals surface area contributed by atoms with Crippen molar-refractivity contribution in [2.24, 2.45) is 0 Å². The molecule has 1 amide bonds. The first-order valence-corrected chi connectivity index (χ1v) is 7.97. The molecule has 1 aromatic rings. The van der Waals surface area contributed by atoms with E-state index in [2.05, 4.69) is 17.2 Å². The Kier molecular flexibility index (Phi) is 8.88. The molecule has 1 heterocycles. The number of amides is 1. The van der Waals surface area contributed by atoms with Crippen LogP contribution in [0.3, 0.4) is 0 Å². The second-order valence-corrected chi connectivity index (χ2v) is 5.35. The molecule has 1 N–H and O–H groups in total. The summed E-state index contributed by atoms with van der Waals surface area (Å²) in [5.74, 6) is -0.694. The van der Waals surface area contributed by atoms with Crippen molar-refractivity contribution in [1.82, 2.24) is 10.3 Å². The minimum absolute atomic E-state index is 0.297. The van der Waals surface area contributed by atoms with Gasteiger partial charge in [-0.2, -0.15) is 0 Å². The number of hydrogen-bond acceptors (Lipinski definition) is 4. The van der Waals surface area contributed by atoms with Gasteiger partial charge in [-0.1, -0.05) is 45.4 Å². The van der Waals surface area contributed by atoms with Crippen molar-refractivity contribution in [3.05, 3.63) is 30.1 Å². The van der Waals surface area contributed by atoms with Crippen LogP contribution in [0.1, 0.15) is 62.2 Å². The molecule has 5 nitrogen and oxygen atoms in total. The minimum atomic E-state index is -0.594. The van der Waals surface area contributed by atoms with Crippen molar-refractivity contribution < 1.29 is 14.3 Å². The summed E-state index contributed by atoms with van der Waals surface area (Å²) in [6.45, 7) is 2.18. The van der Waals surface area contributed by atoms with E-state index in [-0.39, 0.29) is 5.91 Å². The minimum Gasteiger partial charge on any atom is -0.467 e. The van der Waals surface area contributed by atoms with Crippen LogP contribution in [0.15, 0.2) is 24.5 Å². The van der Waals surface area contributed by atoms with Crippen molar-refractivity contribution in [2.45, 2.75) is 57.9 Å². The van der Waals surface area contributed by atoms with Gasteiger partial charge in [0.05, 0.1) is 12.7 Å². The Labute approximate surface area is 132 Å². The van der Waals surface area contributed by atoms with Gasteiger partial charge in [-0.15, -0.1) is 0 Å². The van der Waals surface area contributed by atoms with Gasteiger partial charge >= 0.3 is 5.97 Å². The third-order valence-electron chi connectivity index (χ3n) is 3.56. The zero-order valence-corrected chi connectivity index (χ0v) is 13.5. The molecule has 0 aromatic carbocycles. The molecule has 0 unspecified atom stereocenters. The molecule has 5 heteroatoms. The lowest BCUT2D eigenvalue weighted by Crippen LogP contribution is -2.41. The maximum atomic E-state index is 12.1. The number of nitrogens with zero attached hydrogens (tertiary/aromatic N) is 1. The number of carbonyl (C=O) groups excluding carboxylic acids is 2. The normalized spacial score (nSPS) is 11.7. The van der Waals surface area contributed by atoms with Gasteiger partial charge in [0.1, 0.15) is 6.04 Å². The fourth-order valence-electron chi connectivity index (χ4n) is 2.26. The highest BCUT2D eigenvalue weighted by Crippen LogP contribution is 2.10. The fraction of sp³-hybridized carbons (Fsp3) is 0.588. The first-order chi connectivity index (χ1) is 10.7. The number of ether oxygens (including phenoxy) is 1. The highest BCUT2D eigenvalue weighted by molar-refractivity contribution is 5.96. The SMILES string of the molecule is CCCCCCCC[C@H](NC(=O)c1cccnc1)C(=O)OC. The molecule has 0 aliphatic carbocycles. The Morgan fingerprint density at radius 3 is 2.59 bits per heavy atom. The maximum absolute atomic E-state index is 12.1. The van der Waals surface area contributed by atoms with E-state index in [1.807, 2.05) is 0 Å². The molecule has 0 bridgehead atoms. The molecular weight excluding hydrogens is 280 g/mol. The molecule has 0 radical (unpaired) electrons. The van der Waals surface area contributed by atoms with Crippen molar-refractivity contribution in [1.29, 1.82) is 0 Å². The van der Waals surface area contributed by atoms with Gasteiger partial charge in [-0.25, -0.2) is 4.79 Å². The molecule has 0 saturated heterocycles. The van der Waals surface area contributed by atoms with Gasteiger partial charge in [-0.05, 0) is 18.6 Å². The molecule has 122 valence electrons. The van der Waals surface area contributed by atoms with Gasteiger partial charge in [0.25, 0.3) is 5.91 Å². The topological polar surface area (TPSA) is 68.3 Å². The number of esters is 1. The Morgan fingerprint density at radius 2 is 1.95 bits per heavy atom. The van der Waals surface area contributed by atoms with E-state index >= 15 is 0 Å². The first-order valence-electron chi connectivity index (χ1n) is 7.97. The van der Waals surface area contributed by atoms with Crippen LogP contribution in [-0.2, 0) is 9.53 Å². The molecule has 0 aliphatic heterocycles. The van der Waals surface area contributed by atoms with Gasteiger partial charge in [0.2, 0.25) is 0 Å². The monoisotopic (exact) mass is 306 g/mol. The van der Waals surface area contributed by atoms with Crippen LogP contribution < -0.4 is 5.32 Å². The molecule has 0 aliphatic rings. The number of methoxy groups -OCH3 is 1.